The van der Waals surface area contributed by atoms with Gasteiger partial charge in [0.1, 0.15) is 23.7 Å². The number of nitrogens with zero attached hydrogens (tertiary/aromatic N) is 2. The highest BCUT2D eigenvalue weighted by Crippen LogP contribution is 2.42. The fraction of sp³-hybridized carbons (Fsp3) is 0.500. The molecule has 0 spiro atoms. The van der Waals surface area contributed by atoms with Crippen LogP contribution in [-0.2, 0) is 4.74 Å². The van der Waals surface area contributed by atoms with Gasteiger partial charge in [0.05, 0.1) is 36.6 Å². The van der Waals surface area contributed by atoms with Crippen LogP contribution in [-0.4, -0.2) is 66.6 Å². The summed E-state index contributed by atoms with van der Waals surface area (Å²) in [6, 6.07) is 4.69. The number of aromatic nitrogens is 1. The molecule has 178 valence electrons. The Morgan fingerprint density at radius 1 is 1.27 bits per heavy atom. The van der Waals surface area contributed by atoms with E-state index in [9.17, 15) is 14.7 Å². The first-order valence-corrected chi connectivity index (χ1v) is 11.6. The summed E-state index contributed by atoms with van der Waals surface area (Å²) >= 11 is 6.54. The minimum Gasteiger partial charge on any atom is -0.492 e. The first kappa shape index (κ1) is 23.6. The average Bonchev–Trinajstić information content (AvgIpc) is 2.93. The normalized spacial score (nSPS) is 18.2. The minimum absolute atomic E-state index is 0.147. The predicted molar refractivity (Wildman–Crippen MR) is 125 cm³/mol. The third-order valence-corrected chi connectivity index (χ3v) is 6.43. The highest BCUT2D eigenvalue weighted by Gasteiger charge is 2.28. The first-order valence-electron chi connectivity index (χ1n) is 11.2. The molecule has 1 N–H and O–H groups in total. The summed E-state index contributed by atoms with van der Waals surface area (Å²) in [7, 11) is 0. The van der Waals surface area contributed by atoms with Crippen molar-refractivity contribution >= 4 is 17.6 Å². The fourth-order valence-corrected chi connectivity index (χ4v) is 4.45. The molecular formula is C24H29ClN2O6. The summed E-state index contributed by atoms with van der Waals surface area (Å²) < 4.78 is 19.3. The maximum absolute atomic E-state index is 12.5. The van der Waals surface area contributed by atoms with E-state index >= 15 is 0 Å². The number of halogens is 1. The molecule has 3 heterocycles. The number of hydrogen-bond acceptors (Lipinski definition) is 6. The zero-order valence-corrected chi connectivity index (χ0v) is 19.6. The summed E-state index contributed by atoms with van der Waals surface area (Å²) in [5.41, 5.74) is 0.401. The SMILES string of the molecule is CC(C)[C@@H]1COc2cc(OCCCN3CCOCC3)c(Cl)cc2-c2cc(=O)c(C(=O)O)cn21. The van der Waals surface area contributed by atoms with Gasteiger partial charge in [0.25, 0.3) is 0 Å². The van der Waals surface area contributed by atoms with Crippen molar-refractivity contribution in [2.24, 2.45) is 5.92 Å². The summed E-state index contributed by atoms with van der Waals surface area (Å²) in [6.45, 7) is 9.25. The van der Waals surface area contributed by atoms with Crippen molar-refractivity contribution in [2.75, 3.05) is 46.1 Å². The number of hydrogen-bond donors (Lipinski definition) is 1. The van der Waals surface area contributed by atoms with E-state index < -0.39 is 11.4 Å². The zero-order chi connectivity index (χ0) is 23.5. The van der Waals surface area contributed by atoms with E-state index in [1.165, 1.54) is 12.3 Å². The smallest absolute Gasteiger partial charge is 0.341 e. The van der Waals surface area contributed by atoms with Crippen LogP contribution in [0.1, 0.15) is 36.7 Å². The molecule has 0 amide bonds. The van der Waals surface area contributed by atoms with Gasteiger partial charge in [0.15, 0.2) is 5.43 Å². The van der Waals surface area contributed by atoms with Gasteiger partial charge in [-0.2, -0.15) is 0 Å². The molecule has 1 atom stereocenters. The number of carbonyl (C=O) groups is 1. The molecule has 2 aliphatic heterocycles. The van der Waals surface area contributed by atoms with E-state index in [-0.39, 0.29) is 17.5 Å². The van der Waals surface area contributed by atoms with Crippen LogP contribution in [0.4, 0.5) is 0 Å². The monoisotopic (exact) mass is 476 g/mol. The van der Waals surface area contributed by atoms with Crippen molar-refractivity contribution < 1.29 is 24.1 Å². The standard InChI is InChI=1S/C24H29ClN2O6/c1-15(2)20-14-33-22-12-23(32-7-3-4-26-5-8-31-9-6-26)18(25)10-16(22)19-11-21(28)17(24(29)30)13-27(19)20/h10-13,15,20H,3-9,14H2,1-2H3,(H,29,30)/t20-/m0/s1. The Morgan fingerprint density at radius 3 is 2.73 bits per heavy atom. The largest absolute Gasteiger partial charge is 0.492 e. The number of carboxylic acids is 1. The van der Waals surface area contributed by atoms with Crippen LogP contribution < -0.4 is 14.9 Å². The van der Waals surface area contributed by atoms with E-state index in [1.807, 2.05) is 18.4 Å². The number of rotatable bonds is 7. The molecule has 0 bridgehead atoms. The number of pyridine rings is 1. The van der Waals surface area contributed by atoms with Crippen molar-refractivity contribution in [1.82, 2.24) is 9.47 Å². The highest BCUT2D eigenvalue weighted by atomic mass is 35.5. The molecule has 0 radical (unpaired) electrons. The van der Waals surface area contributed by atoms with Crippen molar-refractivity contribution in [2.45, 2.75) is 26.3 Å². The first-order chi connectivity index (χ1) is 15.8. The maximum Gasteiger partial charge on any atom is 0.341 e. The lowest BCUT2D eigenvalue weighted by molar-refractivity contribution is 0.0358. The van der Waals surface area contributed by atoms with Crippen LogP contribution in [0.25, 0.3) is 11.3 Å². The number of aromatic carboxylic acids is 1. The van der Waals surface area contributed by atoms with E-state index in [4.69, 9.17) is 25.8 Å². The molecule has 1 fully saturated rings. The van der Waals surface area contributed by atoms with E-state index in [0.717, 1.165) is 39.3 Å². The molecule has 4 rings (SSSR count). The van der Waals surface area contributed by atoms with Gasteiger partial charge in [0.2, 0.25) is 0 Å². The summed E-state index contributed by atoms with van der Waals surface area (Å²) in [4.78, 5) is 26.4. The van der Waals surface area contributed by atoms with Gasteiger partial charge in [-0.15, -0.1) is 0 Å². The molecule has 2 aliphatic rings. The molecule has 1 aromatic heterocycles. The van der Waals surface area contributed by atoms with Crippen LogP contribution in [0, 0.1) is 5.92 Å². The second-order valence-electron chi connectivity index (χ2n) is 8.71. The van der Waals surface area contributed by atoms with Crippen molar-refractivity contribution in [3.63, 3.8) is 0 Å². The second-order valence-corrected chi connectivity index (χ2v) is 9.11. The highest BCUT2D eigenvalue weighted by molar-refractivity contribution is 6.32. The quantitative estimate of drug-likeness (QED) is 0.611. The Labute approximate surface area is 197 Å². The second kappa shape index (κ2) is 10.2. The molecule has 8 nitrogen and oxygen atoms in total. The van der Waals surface area contributed by atoms with Crippen molar-refractivity contribution in [3.8, 4) is 22.8 Å². The molecule has 33 heavy (non-hydrogen) atoms. The molecular weight excluding hydrogens is 448 g/mol. The average molecular weight is 477 g/mol. The Balaban J connectivity index is 1.59. The van der Waals surface area contributed by atoms with Crippen molar-refractivity contribution in [1.29, 1.82) is 0 Å². The summed E-state index contributed by atoms with van der Waals surface area (Å²) in [6.07, 6.45) is 2.27. The molecule has 0 saturated carbocycles. The Hall–Kier alpha value is -2.55. The number of carboxylic acid groups (broad SMARTS) is 1. The van der Waals surface area contributed by atoms with Crippen LogP contribution in [0.3, 0.4) is 0 Å². The number of benzene rings is 1. The lowest BCUT2D eigenvalue weighted by Gasteiger charge is -2.26. The molecule has 1 saturated heterocycles. The third-order valence-electron chi connectivity index (χ3n) is 6.14. The van der Waals surface area contributed by atoms with E-state index in [2.05, 4.69) is 4.90 Å². The lowest BCUT2D eigenvalue weighted by Crippen LogP contribution is -2.37. The van der Waals surface area contributed by atoms with Gasteiger partial charge >= 0.3 is 5.97 Å². The Morgan fingerprint density at radius 2 is 2.03 bits per heavy atom. The van der Waals surface area contributed by atoms with Gasteiger partial charge in [0, 0.05) is 43.5 Å². The zero-order valence-electron chi connectivity index (χ0n) is 18.9. The fourth-order valence-electron chi connectivity index (χ4n) is 4.23. The minimum atomic E-state index is -1.25. The summed E-state index contributed by atoms with van der Waals surface area (Å²) in [5.74, 6) is -0.0194. The Kier molecular flexibility index (Phi) is 7.26. The Bertz CT molecular complexity index is 1080. The van der Waals surface area contributed by atoms with Gasteiger partial charge in [-0.1, -0.05) is 25.4 Å². The van der Waals surface area contributed by atoms with Crippen molar-refractivity contribution in [3.05, 3.63) is 45.2 Å². The van der Waals surface area contributed by atoms with Gasteiger partial charge < -0.3 is 23.9 Å². The third kappa shape index (κ3) is 5.18. The van der Waals surface area contributed by atoms with Crippen LogP contribution in [0.2, 0.25) is 5.02 Å². The van der Waals surface area contributed by atoms with Crippen LogP contribution in [0.5, 0.6) is 11.5 Å². The molecule has 1 aromatic carbocycles. The van der Waals surface area contributed by atoms with Gasteiger partial charge in [-0.25, -0.2) is 4.79 Å². The topological polar surface area (TPSA) is 90.2 Å². The number of morpholine rings is 1. The van der Waals surface area contributed by atoms with E-state index in [1.54, 1.807) is 12.1 Å². The lowest BCUT2D eigenvalue weighted by atomic mass is 10.0. The number of fused-ring (bicyclic) bond motifs is 3. The van der Waals surface area contributed by atoms with E-state index in [0.29, 0.717) is 41.0 Å². The predicted octanol–water partition coefficient (Wildman–Crippen LogP) is 3.56. The molecule has 9 heteroatoms. The molecule has 0 aliphatic carbocycles. The van der Waals surface area contributed by atoms with Crippen LogP contribution >= 0.6 is 11.6 Å². The molecule has 2 aromatic rings. The maximum atomic E-state index is 12.5. The molecule has 0 unspecified atom stereocenters. The van der Waals surface area contributed by atoms with Gasteiger partial charge in [-0.05, 0) is 18.4 Å². The van der Waals surface area contributed by atoms with Crippen LogP contribution in [0.15, 0.2) is 29.2 Å². The summed E-state index contributed by atoms with van der Waals surface area (Å²) in [5, 5.41) is 9.84. The number of ether oxygens (including phenoxy) is 3. The van der Waals surface area contributed by atoms with Gasteiger partial charge in [-0.3, -0.25) is 9.69 Å².